The van der Waals surface area contributed by atoms with Crippen molar-refractivity contribution in [3.63, 3.8) is 0 Å². The molecule has 19 rings (SSSR count). The SMILES string of the molecule is Cc1ccccc1-c1n(-c2c(C(C)C)cccc2C(C)C)cc[n+]1C.Cc1ccccc1-c1n(-c2c(C)cccc2C)cc[n+]1C.Cc1ccccc1-c1n(-c2ccccc2)cc[n+]1C.Cc1ccccc1-c1n(-c2ccccc2C(C)C)cc[n+]1C.Cc1ccccc1-c1n(-c2ccccc2C)cc[n+]1C.Cc1ccccc1-c1n(C(C)C)cc[n+]1C.Cc1ccccc1-c1n(C)cc[n+]1C. The molecule has 0 saturated carbocycles. The zero-order valence-corrected chi connectivity index (χ0v) is 85.8. The summed E-state index contributed by atoms with van der Waals surface area (Å²) in [5.74, 6) is 10.0. The van der Waals surface area contributed by atoms with E-state index in [0.717, 1.165) is 0 Å². The third-order valence-electron chi connectivity index (χ3n) is 26.0. The van der Waals surface area contributed by atoms with Crippen molar-refractivity contribution in [2.45, 2.75) is 148 Å². The summed E-state index contributed by atoms with van der Waals surface area (Å²) in [5, 5.41) is 0. The molecule has 0 spiro atoms. The maximum absolute atomic E-state index is 2.38. The van der Waals surface area contributed by atoms with Crippen LogP contribution in [-0.4, -0.2) is 32.0 Å². The predicted molar refractivity (Wildman–Crippen MR) is 565 cm³/mol. The highest BCUT2D eigenvalue weighted by molar-refractivity contribution is 5.68. The van der Waals surface area contributed by atoms with Crippen LogP contribution in [0.1, 0.15) is 152 Å². The molecular weight excluding hydrogens is 1670 g/mol. The molecule has 0 saturated heterocycles. The third-order valence-corrected chi connectivity index (χ3v) is 26.0. The topological polar surface area (TPSA) is 61.7 Å². The van der Waals surface area contributed by atoms with Crippen LogP contribution in [-0.2, 0) is 56.4 Å². The van der Waals surface area contributed by atoms with Gasteiger partial charge in [-0.2, -0.15) is 22.8 Å². The second-order valence-electron chi connectivity index (χ2n) is 37.5. The molecule has 14 heteroatoms. The summed E-state index contributed by atoms with van der Waals surface area (Å²) in [6, 6.07) is 101. The molecule has 698 valence electrons. The van der Waals surface area contributed by atoms with Gasteiger partial charge in [-0.05, 0) is 223 Å². The van der Waals surface area contributed by atoms with E-state index in [4.69, 9.17) is 0 Å². The Morgan fingerprint density at radius 2 is 0.445 bits per heavy atom. The lowest BCUT2D eigenvalue weighted by Gasteiger charge is -2.18. The monoisotopic (exact) mass is 1820 g/mol. The zero-order valence-electron chi connectivity index (χ0n) is 85.8. The molecule has 0 aliphatic heterocycles. The molecule has 0 amide bonds. The number of aromatic nitrogens is 14. The first-order chi connectivity index (χ1) is 65.9. The molecule has 0 fully saturated rings. The molecule has 7 aromatic heterocycles. The first kappa shape index (κ1) is 99.6. The minimum absolute atomic E-state index is 0.478. The number of imidazole rings is 7. The van der Waals surface area contributed by atoms with Gasteiger partial charge in [0, 0.05) is 16.7 Å². The Hall–Kier alpha value is -14.9. The molecule has 0 unspecified atom stereocenters. The van der Waals surface area contributed by atoms with E-state index in [0.29, 0.717) is 23.8 Å². The number of hydrogen-bond acceptors (Lipinski definition) is 0. The van der Waals surface area contributed by atoms with Crippen molar-refractivity contribution in [2.75, 3.05) is 0 Å². The van der Waals surface area contributed by atoms with Gasteiger partial charge in [0.25, 0.3) is 40.8 Å². The molecular formula is C123H143N14+7. The maximum Gasteiger partial charge on any atom is 0.294 e. The van der Waals surface area contributed by atoms with Crippen LogP contribution in [0, 0.1) is 69.2 Å². The van der Waals surface area contributed by atoms with Gasteiger partial charge in [0.15, 0.2) is 0 Å². The van der Waals surface area contributed by atoms with E-state index in [-0.39, 0.29) is 0 Å². The normalized spacial score (nSPS) is 11.0. The minimum Gasteiger partial charge on any atom is -0.233 e. The molecule has 137 heavy (non-hydrogen) atoms. The number of benzene rings is 12. The highest BCUT2D eigenvalue weighted by Crippen LogP contribution is 2.37. The van der Waals surface area contributed by atoms with Crippen LogP contribution < -0.4 is 32.0 Å². The average molecular weight is 1820 g/mol. The molecule has 0 aliphatic rings. The van der Waals surface area contributed by atoms with Crippen molar-refractivity contribution in [2.24, 2.45) is 56.4 Å². The Labute approximate surface area is 815 Å². The van der Waals surface area contributed by atoms with Gasteiger partial charge in [-0.1, -0.05) is 260 Å². The highest BCUT2D eigenvalue weighted by Gasteiger charge is 2.31. The Balaban J connectivity index is 0.000000136. The van der Waals surface area contributed by atoms with Crippen LogP contribution in [0.4, 0.5) is 0 Å². The van der Waals surface area contributed by atoms with E-state index in [9.17, 15) is 0 Å². The Kier molecular flexibility index (Phi) is 33.0. The summed E-state index contributed by atoms with van der Waals surface area (Å²) < 4.78 is 31.2. The number of nitrogens with zero attached hydrogens (tertiary/aromatic N) is 14. The molecule has 0 bridgehead atoms. The fraction of sp³-hybridized carbons (Fsp3) is 0.244. The van der Waals surface area contributed by atoms with Gasteiger partial charge in [-0.15, -0.1) is 0 Å². The van der Waals surface area contributed by atoms with E-state index < -0.39 is 0 Å². The lowest BCUT2D eigenvalue weighted by molar-refractivity contribution is -0.659. The van der Waals surface area contributed by atoms with Crippen LogP contribution >= 0.6 is 0 Å². The zero-order chi connectivity index (χ0) is 98.0. The molecule has 0 radical (unpaired) electrons. The number of para-hydroxylation sites is 5. The van der Waals surface area contributed by atoms with Crippen LogP contribution in [0.2, 0.25) is 0 Å². The summed E-state index contributed by atoms with van der Waals surface area (Å²) in [5.41, 5.74) is 32.4. The summed E-state index contributed by atoms with van der Waals surface area (Å²) in [7, 11) is 16.8. The smallest absolute Gasteiger partial charge is 0.233 e. The lowest BCUT2D eigenvalue weighted by atomic mass is 9.92. The van der Waals surface area contributed by atoms with Crippen LogP contribution in [0.5, 0.6) is 0 Å². The first-order valence-corrected chi connectivity index (χ1v) is 48.1. The third kappa shape index (κ3) is 22.7. The average Bonchev–Trinajstić information content (AvgIpc) is 1.66. The van der Waals surface area contributed by atoms with E-state index in [1.807, 2.05) is 6.07 Å². The van der Waals surface area contributed by atoms with Gasteiger partial charge >= 0.3 is 0 Å². The van der Waals surface area contributed by atoms with Crippen LogP contribution in [0.3, 0.4) is 0 Å². The molecule has 0 aliphatic carbocycles. The first-order valence-electron chi connectivity index (χ1n) is 48.1. The number of aryl methyl sites for hydroxylation is 18. The fourth-order valence-electron chi connectivity index (χ4n) is 18.5. The highest BCUT2D eigenvalue weighted by atomic mass is 15.2. The maximum atomic E-state index is 2.38. The number of rotatable bonds is 16. The van der Waals surface area contributed by atoms with Gasteiger partial charge < -0.3 is 0 Å². The fourth-order valence-corrected chi connectivity index (χ4v) is 18.5. The van der Waals surface area contributed by atoms with E-state index >= 15 is 0 Å². The van der Waals surface area contributed by atoms with Crippen molar-refractivity contribution in [3.8, 4) is 108 Å². The molecule has 7 heterocycles. The standard InChI is InChI=1S/C23H29N2.C20H23N2.C19H21N2.C18H19N2.C17H17N2.C14H19N2.C12H15N2/c1-16(2)19-12-9-13-20(17(3)4)22(19)25-15-14-24(6)23(25)21-11-8-7-10-18(21)5;1-15(2)17-10-7-8-12-19(17)22-14-13-21(4)20(22)18-11-6-5-9-16(18)3;1-14-8-5-6-11-17(14)19-20(4)12-13-21(19)18-15(2)9-7-10-16(18)3;1-14-8-4-6-10-16(14)18-19(3)12-13-20(18)17-11-7-5-9-15(17)2;1-14-8-6-7-11-16(14)17-18(2)12-13-19(17)15-9-4-3-5-10-15;1-11(2)16-10-9-15(4)14(16)13-8-6-5-7-12(13)3;1-10-6-4-5-7-11(10)12-13(2)8-9-14(12)3/h7-17H,1-6H3;5-15H,1-4H3;5-13H,1-4H3;4-13H,1-3H3;3-13H,1-2H3;5-11H,1-4H3;4-9H,1-3H3/q7*+1. The Morgan fingerprint density at radius 1 is 0.197 bits per heavy atom. The van der Waals surface area contributed by atoms with Crippen molar-refractivity contribution in [1.82, 2.24) is 32.0 Å². The number of hydrogen-bond donors (Lipinski definition) is 0. The molecule has 14 nitrogen and oxygen atoms in total. The van der Waals surface area contributed by atoms with E-state index in [2.05, 4.69) is 611 Å². The molecule has 0 atom stereocenters. The van der Waals surface area contributed by atoms with E-state index in [1.54, 1.807) is 0 Å². The quantitative estimate of drug-likeness (QED) is 0.0866. The van der Waals surface area contributed by atoms with Gasteiger partial charge in [0.05, 0.1) is 101 Å². The van der Waals surface area contributed by atoms with Crippen LogP contribution in [0.25, 0.3) is 108 Å². The van der Waals surface area contributed by atoms with Crippen molar-refractivity contribution < 1.29 is 32.0 Å². The predicted octanol–water partition coefficient (Wildman–Crippen LogP) is 25.4. The molecule has 12 aromatic carbocycles. The molecule has 0 N–H and O–H groups in total. The Morgan fingerprint density at radius 3 is 0.803 bits per heavy atom. The van der Waals surface area contributed by atoms with Gasteiger partial charge in [0.2, 0.25) is 0 Å². The van der Waals surface area contributed by atoms with Gasteiger partial charge in [-0.25, -0.2) is 41.1 Å². The largest absolute Gasteiger partial charge is 0.294 e. The van der Waals surface area contributed by atoms with Crippen molar-refractivity contribution in [3.05, 3.63) is 444 Å². The van der Waals surface area contributed by atoms with Gasteiger partial charge in [-0.3, -0.25) is 0 Å². The molecule has 19 aromatic rings. The van der Waals surface area contributed by atoms with E-state index in [1.165, 1.54) is 180 Å². The second-order valence-corrected chi connectivity index (χ2v) is 37.5. The van der Waals surface area contributed by atoms with Crippen molar-refractivity contribution in [1.29, 1.82) is 0 Å². The summed E-state index contributed by atoms with van der Waals surface area (Å²) in [4.78, 5) is 0. The minimum atomic E-state index is 0.478. The summed E-state index contributed by atoms with van der Waals surface area (Å²) in [6.07, 6.45) is 29.7. The van der Waals surface area contributed by atoms with Crippen molar-refractivity contribution >= 4 is 0 Å². The summed E-state index contributed by atoms with van der Waals surface area (Å²) >= 11 is 0. The summed E-state index contributed by atoms with van der Waals surface area (Å²) in [6.45, 7) is 39.6. The van der Waals surface area contributed by atoms with Crippen LogP contribution in [0.15, 0.2) is 372 Å². The lowest BCUT2D eigenvalue weighted by Crippen LogP contribution is -2.29. The van der Waals surface area contributed by atoms with Gasteiger partial charge in [0.1, 0.15) is 115 Å². The Bertz CT molecular complexity index is 7210. The second kappa shape index (κ2) is 45.4.